The molecule has 0 aromatic heterocycles. The summed E-state index contributed by atoms with van der Waals surface area (Å²) in [6.45, 7) is 6.36. The lowest BCUT2D eigenvalue weighted by Crippen LogP contribution is -2.46. The number of rotatable bonds is 5. The van der Waals surface area contributed by atoms with Crippen LogP contribution in [0, 0.1) is 0 Å². The van der Waals surface area contributed by atoms with Gasteiger partial charge in [-0.15, -0.1) is 24.0 Å². The molecule has 3 rings (SSSR count). The van der Waals surface area contributed by atoms with Crippen LogP contribution >= 0.6 is 24.0 Å². The molecule has 7 heteroatoms. The molecule has 24 heavy (non-hydrogen) atoms. The Morgan fingerprint density at radius 3 is 2.79 bits per heavy atom. The summed E-state index contributed by atoms with van der Waals surface area (Å²) in [6, 6.07) is 8.24. The topological polar surface area (TPSA) is 58.1 Å². The van der Waals surface area contributed by atoms with Crippen LogP contribution in [0.15, 0.2) is 29.3 Å². The van der Waals surface area contributed by atoms with Crippen LogP contribution in [0.3, 0.4) is 0 Å². The van der Waals surface area contributed by atoms with E-state index < -0.39 is 0 Å². The van der Waals surface area contributed by atoms with E-state index in [2.05, 4.69) is 32.7 Å². The minimum absolute atomic E-state index is 0. The van der Waals surface area contributed by atoms with Gasteiger partial charge >= 0.3 is 0 Å². The lowest BCUT2D eigenvalue weighted by atomic mass is 10.1. The van der Waals surface area contributed by atoms with Gasteiger partial charge in [0.15, 0.2) is 5.96 Å². The third-order valence-electron chi connectivity index (χ3n) is 4.26. The van der Waals surface area contributed by atoms with Crippen LogP contribution < -0.4 is 15.4 Å². The van der Waals surface area contributed by atoms with Crippen molar-refractivity contribution in [3.05, 3.63) is 29.8 Å². The molecule has 1 unspecified atom stereocenters. The molecule has 0 spiro atoms. The van der Waals surface area contributed by atoms with Gasteiger partial charge in [0.2, 0.25) is 0 Å². The number of nitrogens with zero attached hydrogens (tertiary/aromatic N) is 2. The first-order valence-electron chi connectivity index (χ1n) is 8.34. The van der Waals surface area contributed by atoms with E-state index in [0.29, 0.717) is 0 Å². The second-order valence-electron chi connectivity index (χ2n) is 5.89. The van der Waals surface area contributed by atoms with E-state index in [1.165, 1.54) is 5.56 Å². The predicted molar refractivity (Wildman–Crippen MR) is 107 cm³/mol. The monoisotopic (exact) mass is 446 g/mol. The van der Waals surface area contributed by atoms with Crippen LogP contribution in [0.25, 0.3) is 0 Å². The smallest absolute Gasteiger partial charge is 0.191 e. The lowest BCUT2D eigenvalue weighted by molar-refractivity contribution is 0.0389. The number of guanidine groups is 1. The van der Waals surface area contributed by atoms with Crippen LogP contribution in [-0.2, 0) is 11.2 Å². The SMILES string of the molecule is CN=C(NCCN1CCOCC1)NCC1Cc2ccccc2O1.I. The van der Waals surface area contributed by atoms with E-state index in [1.54, 1.807) is 7.05 Å². The van der Waals surface area contributed by atoms with Gasteiger partial charge in [-0.2, -0.15) is 0 Å². The fourth-order valence-electron chi connectivity index (χ4n) is 2.96. The van der Waals surface area contributed by atoms with Gasteiger partial charge in [0, 0.05) is 39.6 Å². The van der Waals surface area contributed by atoms with Gasteiger partial charge in [0.25, 0.3) is 0 Å². The Balaban J connectivity index is 0.00000208. The van der Waals surface area contributed by atoms with Crippen LogP contribution in [0.5, 0.6) is 5.75 Å². The number of fused-ring (bicyclic) bond motifs is 1. The van der Waals surface area contributed by atoms with E-state index in [-0.39, 0.29) is 30.1 Å². The molecule has 1 saturated heterocycles. The summed E-state index contributed by atoms with van der Waals surface area (Å²) in [5.41, 5.74) is 1.29. The maximum atomic E-state index is 5.93. The van der Waals surface area contributed by atoms with Crippen molar-refractivity contribution in [2.24, 2.45) is 4.99 Å². The Labute approximate surface area is 161 Å². The fraction of sp³-hybridized carbons (Fsp3) is 0.588. The Hall–Kier alpha value is -1.06. The second-order valence-corrected chi connectivity index (χ2v) is 5.89. The first kappa shape index (κ1) is 19.3. The summed E-state index contributed by atoms with van der Waals surface area (Å²) >= 11 is 0. The van der Waals surface area contributed by atoms with E-state index in [0.717, 1.165) is 64.1 Å². The Morgan fingerprint density at radius 1 is 1.25 bits per heavy atom. The largest absolute Gasteiger partial charge is 0.488 e. The molecule has 1 atom stereocenters. The Morgan fingerprint density at radius 2 is 2.04 bits per heavy atom. The first-order valence-corrected chi connectivity index (χ1v) is 8.34. The molecule has 0 bridgehead atoms. The molecule has 0 amide bonds. The molecule has 134 valence electrons. The van der Waals surface area contributed by atoms with Crippen molar-refractivity contribution in [1.82, 2.24) is 15.5 Å². The zero-order valence-electron chi connectivity index (χ0n) is 14.2. The number of halogens is 1. The summed E-state index contributed by atoms with van der Waals surface area (Å²) in [6.07, 6.45) is 1.12. The van der Waals surface area contributed by atoms with Crippen LogP contribution in [0.2, 0.25) is 0 Å². The number of benzene rings is 1. The normalized spacial score (nSPS) is 20.7. The van der Waals surface area contributed by atoms with Crippen molar-refractivity contribution in [3.63, 3.8) is 0 Å². The van der Waals surface area contributed by atoms with Crippen molar-refractivity contribution in [2.75, 3.05) is 53.0 Å². The molecular weight excluding hydrogens is 419 g/mol. The average Bonchev–Trinajstić information content (AvgIpc) is 3.01. The third kappa shape index (κ3) is 5.49. The van der Waals surface area contributed by atoms with E-state index >= 15 is 0 Å². The molecule has 1 fully saturated rings. The second kappa shape index (κ2) is 10.0. The summed E-state index contributed by atoms with van der Waals surface area (Å²) in [5, 5.41) is 6.72. The highest BCUT2D eigenvalue weighted by molar-refractivity contribution is 14.0. The Bertz CT molecular complexity index is 510. The molecule has 2 aliphatic rings. The number of morpholine rings is 1. The molecule has 2 heterocycles. The van der Waals surface area contributed by atoms with E-state index in [1.807, 2.05) is 12.1 Å². The van der Waals surface area contributed by atoms with Gasteiger partial charge in [-0.3, -0.25) is 9.89 Å². The summed E-state index contributed by atoms with van der Waals surface area (Å²) in [5.74, 6) is 1.84. The molecule has 6 nitrogen and oxygen atoms in total. The van der Waals surface area contributed by atoms with Crippen molar-refractivity contribution in [1.29, 1.82) is 0 Å². The summed E-state index contributed by atoms with van der Waals surface area (Å²) in [4.78, 5) is 6.68. The Kier molecular flexibility index (Phi) is 8.07. The number of nitrogens with one attached hydrogen (secondary N) is 2. The first-order chi connectivity index (χ1) is 11.3. The molecule has 1 aromatic carbocycles. The molecule has 2 aliphatic heterocycles. The van der Waals surface area contributed by atoms with Crippen molar-refractivity contribution in [3.8, 4) is 5.75 Å². The number of ether oxygens (including phenoxy) is 2. The highest BCUT2D eigenvalue weighted by atomic mass is 127. The standard InChI is InChI=1S/C17H26N4O2.HI/c1-18-17(19-6-7-21-8-10-22-11-9-21)20-13-15-12-14-4-2-3-5-16(14)23-15;/h2-5,15H,6-13H2,1H3,(H2,18,19,20);1H. The van der Waals surface area contributed by atoms with Crippen molar-refractivity contribution in [2.45, 2.75) is 12.5 Å². The number of para-hydroxylation sites is 1. The number of hydrogen-bond donors (Lipinski definition) is 2. The fourth-order valence-corrected chi connectivity index (χ4v) is 2.96. The number of hydrogen-bond acceptors (Lipinski definition) is 4. The van der Waals surface area contributed by atoms with Gasteiger partial charge in [-0.1, -0.05) is 18.2 Å². The molecular formula is C17H27IN4O2. The molecule has 0 saturated carbocycles. The predicted octanol–water partition coefficient (Wildman–Crippen LogP) is 1.11. The maximum Gasteiger partial charge on any atom is 0.191 e. The van der Waals surface area contributed by atoms with Gasteiger partial charge in [-0.25, -0.2) is 0 Å². The van der Waals surface area contributed by atoms with Gasteiger partial charge in [0.05, 0.1) is 19.8 Å². The van der Waals surface area contributed by atoms with Crippen LogP contribution in [0.4, 0.5) is 0 Å². The van der Waals surface area contributed by atoms with E-state index in [4.69, 9.17) is 9.47 Å². The minimum atomic E-state index is 0. The van der Waals surface area contributed by atoms with Crippen molar-refractivity contribution >= 4 is 29.9 Å². The lowest BCUT2D eigenvalue weighted by Gasteiger charge is -2.26. The molecule has 1 aromatic rings. The molecule has 0 radical (unpaired) electrons. The zero-order chi connectivity index (χ0) is 15.9. The molecule has 2 N–H and O–H groups in total. The van der Waals surface area contributed by atoms with Gasteiger partial charge < -0.3 is 20.1 Å². The summed E-state index contributed by atoms with van der Waals surface area (Å²) in [7, 11) is 1.80. The highest BCUT2D eigenvalue weighted by Crippen LogP contribution is 2.27. The maximum absolute atomic E-state index is 5.93. The van der Waals surface area contributed by atoms with Crippen LogP contribution in [0.1, 0.15) is 5.56 Å². The quantitative estimate of drug-likeness (QED) is 0.403. The van der Waals surface area contributed by atoms with E-state index in [9.17, 15) is 0 Å². The summed E-state index contributed by atoms with van der Waals surface area (Å²) < 4.78 is 11.3. The van der Waals surface area contributed by atoms with Crippen LogP contribution in [-0.4, -0.2) is 69.9 Å². The molecule has 0 aliphatic carbocycles. The van der Waals surface area contributed by atoms with Gasteiger partial charge in [0.1, 0.15) is 11.9 Å². The average molecular weight is 446 g/mol. The highest BCUT2D eigenvalue weighted by Gasteiger charge is 2.22. The van der Waals surface area contributed by atoms with Crippen molar-refractivity contribution < 1.29 is 9.47 Å². The number of aliphatic imine (C=N–C) groups is 1. The van der Waals surface area contributed by atoms with Gasteiger partial charge in [-0.05, 0) is 11.6 Å². The third-order valence-corrected chi connectivity index (χ3v) is 4.26. The minimum Gasteiger partial charge on any atom is -0.488 e. The zero-order valence-corrected chi connectivity index (χ0v) is 16.5.